The summed E-state index contributed by atoms with van der Waals surface area (Å²) in [4.78, 5) is 26.9. The zero-order valence-electron chi connectivity index (χ0n) is 13.7. The first-order chi connectivity index (χ1) is 9.60. The molecule has 0 bridgehead atoms. The van der Waals surface area contributed by atoms with E-state index in [1.807, 2.05) is 0 Å². The lowest BCUT2D eigenvalue weighted by molar-refractivity contribution is 0.00819. The van der Waals surface area contributed by atoms with Crippen LogP contribution in [0, 0.1) is 0 Å². The van der Waals surface area contributed by atoms with Gasteiger partial charge in [0.2, 0.25) is 5.56 Å². The first-order valence-electron chi connectivity index (χ1n) is 7.28. The van der Waals surface area contributed by atoms with Crippen molar-refractivity contribution in [2.75, 3.05) is 13.1 Å². The molecule has 1 N–H and O–H groups in total. The molecule has 2 rings (SSSR count). The Bertz CT molecular complexity index is 631. The quantitative estimate of drug-likeness (QED) is 0.828. The molecule has 1 aromatic rings. The lowest BCUT2D eigenvalue weighted by atomic mass is 9.93. The van der Waals surface area contributed by atoms with E-state index < -0.39 is 17.3 Å². The van der Waals surface area contributed by atoms with E-state index in [-0.39, 0.29) is 42.8 Å². The number of carbonyl (C=O) groups excluding carboxylic acids is 1. The molecule has 1 amide bonds. The number of amides is 1. The maximum atomic E-state index is 11.8. The molecule has 0 saturated carbocycles. The van der Waals surface area contributed by atoms with E-state index in [1.165, 1.54) is 4.90 Å². The van der Waals surface area contributed by atoms with Gasteiger partial charge in [0, 0.05) is 31.2 Å². The predicted octanol–water partition coefficient (Wildman–Crippen LogP) is 1.71. The number of pyridine rings is 1. The normalized spacial score (nSPS) is 18.6. The van der Waals surface area contributed by atoms with Gasteiger partial charge in [-0.05, 0) is 32.4 Å². The number of H-pyrrole nitrogens is 1. The second kappa shape index (κ2) is 4.48. The van der Waals surface area contributed by atoms with Crippen molar-refractivity contribution in [3.63, 3.8) is 0 Å². The first-order valence-corrected chi connectivity index (χ1v) is 5.78. The molecule has 5 heteroatoms. The molecule has 1 aromatic heterocycles. The van der Waals surface area contributed by atoms with Crippen LogP contribution in [-0.2, 0) is 4.74 Å². The summed E-state index contributed by atoms with van der Waals surface area (Å²) in [6, 6.07) is -0.460. The third-order valence-electron chi connectivity index (χ3n) is 2.56. The molecule has 5 nitrogen and oxygen atoms in total. The summed E-state index contributed by atoms with van der Waals surface area (Å²) in [7, 11) is 0. The van der Waals surface area contributed by atoms with Crippen LogP contribution in [0.3, 0.4) is 0 Å². The minimum Gasteiger partial charge on any atom is -0.444 e. The highest BCUT2D eigenvalue weighted by Gasteiger charge is 2.34. The molecule has 0 unspecified atom stereocenters. The van der Waals surface area contributed by atoms with E-state index in [9.17, 15) is 9.59 Å². The summed E-state index contributed by atoms with van der Waals surface area (Å²) in [5.41, 5.74) is -1.04. The fraction of sp³-hybridized carbons (Fsp3) is 0.538. The topological polar surface area (TPSA) is 62.4 Å². The second-order valence-corrected chi connectivity index (χ2v) is 5.33. The molecular formula is C13H18N2O3. The standard InChI is InChI=1S/C13H18N2O3/c1-13(2,3)18-12(17)15-7-10(8-15)9-4-5-14-11(16)6-9/h4-6,10H,7-8H2,1-3H3,(H,14,16)/i4D,5D,6D. The molecule has 1 aliphatic rings. The van der Waals surface area contributed by atoms with Crippen LogP contribution in [0.4, 0.5) is 4.79 Å². The van der Waals surface area contributed by atoms with Crippen LogP contribution in [0.5, 0.6) is 0 Å². The van der Waals surface area contributed by atoms with Gasteiger partial charge in [0.15, 0.2) is 0 Å². The van der Waals surface area contributed by atoms with E-state index in [1.54, 1.807) is 20.8 Å². The number of aromatic amines is 1. The van der Waals surface area contributed by atoms with Gasteiger partial charge in [0.25, 0.3) is 0 Å². The molecule has 1 saturated heterocycles. The number of likely N-dealkylation sites (tertiary alicyclic amines) is 1. The molecule has 2 heterocycles. The molecule has 18 heavy (non-hydrogen) atoms. The largest absolute Gasteiger partial charge is 0.444 e. The average Bonchev–Trinajstić information content (AvgIpc) is 2.26. The Morgan fingerprint density at radius 2 is 2.22 bits per heavy atom. The fourth-order valence-corrected chi connectivity index (χ4v) is 1.68. The summed E-state index contributed by atoms with van der Waals surface area (Å²) in [6.07, 6.45) is -0.755. The first kappa shape index (κ1) is 9.19. The SMILES string of the molecule is [2H]c1[nH]c(=O)c([2H])c(C2CN(C(=O)OC(C)(C)C)C2)c1[2H]. The van der Waals surface area contributed by atoms with Gasteiger partial charge < -0.3 is 14.6 Å². The highest BCUT2D eigenvalue weighted by molar-refractivity contribution is 5.69. The van der Waals surface area contributed by atoms with Gasteiger partial charge in [-0.1, -0.05) is 0 Å². The molecular weight excluding hydrogens is 232 g/mol. The van der Waals surface area contributed by atoms with Crippen molar-refractivity contribution in [3.8, 4) is 0 Å². The van der Waals surface area contributed by atoms with Gasteiger partial charge in [-0.2, -0.15) is 0 Å². The van der Waals surface area contributed by atoms with Crippen molar-refractivity contribution in [2.24, 2.45) is 0 Å². The van der Waals surface area contributed by atoms with E-state index in [0.717, 1.165) is 0 Å². The number of rotatable bonds is 1. The molecule has 0 radical (unpaired) electrons. The van der Waals surface area contributed by atoms with E-state index in [2.05, 4.69) is 4.98 Å². The van der Waals surface area contributed by atoms with Crippen LogP contribution in [-0.4, -0.2) is 34.7 Å². The van der Waals surface area contributed by atoms with Crippen molar-refractivity contribution in [2.45, 2.75) is 32.3 Å². The van der Waals surface area contributed by atoms with Gasteiger partial charge in [-0.25, -0.2) is 4.79 Å². The minimum absolute atomic E-state index is 0.159. The van der Waals surface area contributed by atoms with Crippen LogP contribution in [0.15, 0.2) is 23.1 Å². The lowest BCUT2D eigenvalue weighted by Gasteiger charge is -2.39. The highest BCUT2D eigenvalue weighted by atomic mass is 16.6. The summed E-state index contributed by atoms with van der Waals surface area (Å²) in [5, 5.41) is 0. The number of nitrogens with one attached hydrogen (secondary N) is 1. The number of ether oxygens (including phenoxy) is 1. The van der Waals surface area contributed by atoms with E-state index >= 15 is 0 Å². The van der Waals surface area contributed by atoms with Gasteiger partial charge in [-0.15, -0.1) is 0 Å². The van der Waals surface area contributed by atoms with Gasteiger partial charge in [0.05, 0.1) is 4.11 Å². The maximum absolute atomic E-state index is 11.8. The van der Waals surface area contributed by atoms with Crippen LogP contribution in [0.2, 0.25) is 0 Å². The Kier molecular flexibility index (Phi) is 2.29. The Labute approximate surface area is 110 Å². The van der Waals surface area contributed by atoms with Gasteiger partial charge in [-0.3, -0.25) is 4.79 Å². The third kappa shape index (κ3) is 2.91. The van der Waals surface area contributed by atoms with Crippen LogP contribution < -0.4 is 5.56 Å². The van der Waals surface area contributed by atoms with Crippen molar-refractivity contribution in [1.82, 2.24) is 9.88 Å². The van der Waals surface area contributed by atoms with Gasteiger partial charge >= 0.3 is 6.09 Å². The second-order valence-electron chi connectivity index (χ2n) is 5.33. The monoisotopic (exact) mass is 253 g/mol. The smallest absolute Gasteiger partial charge is 0.410 e. The molecule has 0 aliphatic carbocycles. The third-order valence-corrected chi connectivity index (χ3v) is 2.56. The Morgan fingerprint density at radius 1 is 1.56 bits per heavy atom. The maximum Gasteiger partial charge on any atom is 0.410 e. The fourth-order valence-electron chi connectivity index (χ4n) is 1.68. The number of carbonyl (C=O) groups is 1. The van der Waals surface area contributed by atoms with E-state index in [4.69, 9.17) is 8.85 Å². The number of aromatic nitrogens is 1. The Balaban J connectivity index is 2.12. The van der Waals surface area contributed by atoms with Crippen LogP contribution >= 0.6 is 0 Å². The zero-order valence-corrected chi connectivity index (χ0v) is 10.7. The molecule has 0 spiro atoms. The molecule has 0 atom stereocenters. The molecule has 0 aromatic carbocycles. The Hall–Kier alpha value is -1.78. The predicted molar refractivity (Wildman–Crippen MR) is 67.6 cm³/mol. The number of hydrogen-bond acceptors (Lipinski definition) is 3. The molecule has 1 fully saturated rings. The average molecular weight is 253 g/mol. The number of hydrogen-bond donors (Lipinski definition) is 1. The summed E-state index contributed by atoms with van der Waals surface area (Å²) in [5.74, 6) is -0.274. The number of nitrogens with zero attached hydrogens (tertiary/aromatic N) is 1. The highest BCUT2D eigenvalue weighted by Crippen LogP contribution is 2.27. The van der Waals surface area contributed by atoms with Crippen molar-refractivity contribution in [3.05, 3.63) is 34.2 Å². The summed E-state index contributed by atoms with van der Waals surface area (Å²) in [6.45, 7) is 5.89. The van der Waals surface area contributed by atoms with Crippen LogP contribution in [0.25, 0.3) is 0 Å². The zero-order chi connectivity index (χ0) is 15.9. The van der Waals surface area contributed by atoms with Gasteiger partial charge in [0.1, 0.15) is 5.60 Å². The summed E-state index contributed by atoms with van der Waals surface area (Å²) >= 11 is 0. The summed E-state index contributed by atoms with van der Waals surface area (Å²) < 4.78 is 28.3. The van der Waals surface area contributed by atoms with Crippen LogP contribution in [0.1, 0.15) is 36.4 Å². The van der Waals surface area contributed by atoms with E-state index in [0.29, 0.717) is 0 Å². The minimum atomic E-state index is -0.679. The molecule has 98 valence electrons. The lowest BCUT2D eigenvalue weighted by Crippen LogP contribution is -2.50. The Morgan fingerprint density at radius 3 is 2.83 bits per heavy atom. The van der Waals surface area contributed by atoms with Crippen molar-refractivity contribution in [1.29, 1.82) is 0 Å². The van der Waals surface area contributed by atoms with Crippen molar-refractivity contribution >= 4 is 6.09 Å². The van der Waals surface area contributed by atoms with Crippen molar-refractivity contribution < 1.29 is 13.6 Å². The molecule has 1 aliphatic heterocycles.